The summed E-state index contributed by atoms with van der Waals surface area (Å²) >= 11 is 3.77. The summed E-state index contributed by atoms with van der Waals surface area (Å²) in [7, 11) is 4.56. The lowest BCUT2D eigenvalue weighted by Gasteiger charge is -2.12. The summed E-state index contributed by atoms with van der Waals surface area (Å²) in [4.78, 5) is 28.5. The predicted molar refractivity (Wildman–Crippen MR) is 130 cm³/mol. The van der Waals surface area contributed by atoms with Crippen LogP contribution in [-0.4, -0.2) is 54.1 Å². The summed E-state index contributed by atoms with van der Waals surface area (Å²) in [5.74, 6) is 1.02. The lowest BCUT2D eigenvalue weighted by molar-refractivity contribution is -0.114. The van der Waals surface area contributed by atoms with Gasteiger partial charge in [0.25, 0.3) is 0 Å². The van der Waals surface area contributed by atoms with Gasteiger partial charge in [0.05, 0.1) is 32.8 Å². The van der Waals surface area contributed by atoms with Gasteiger partial charge in [-0.3, -0.25) is 14.9 Å². The van der Waals surface area contributed by atoms with Gasteiger partial charge >= 0.3 is 0 Å². The zero-order chi connectivity index (χ0) is 23.8. The van der Waals surface area contributed by atoms with E-state index in [1.54, 1.807) is 18.2 Å². The molecule has 0 saturated heterocycles. The number of anilines is 2. The second-order valence-electron chi connectivity index (χ2n) is 6.29. The maximum absolute atomic E-state index is 12.3. The third-order valence-corrected chi connectivity index (χ3v) is 6.79. The van der Waals surface area contributed by atoms with E-state index in [-0.39, 0.29) is 17.6 Å². The number of nitrogens with zero attached hydrogens (tertiary/aromatic N) is 3. The number of carbonyl (C=O) groups excluding carboxylic acids is 2. The van der Waals surface area contributed by atoms with Crippen molar-refractivity contribution in [2.24, 2.45) is 0 Å². The van der Waals surface area contributed by atoms with Crippen molar-refractivity contribution in [1.82, 2.24) is 15.2 Å². The highest BCUT2D eigenvalue weighted by Gasteiger charge is 2.13. The first-order chi connectivity index (χ1) is 15.9. The molecule has 3 rings (SSSR count). The molecular formula is C20H21N5O5S3. The molecule has 1 aromatic carbocycles. The Balaban J connectivity index is 1.54. The molecule has 0 unspecified atom stereocenters. The van der Waals surface area contributed by atoms with Crippen molar-refractivity contribution < 1.29 is 23.8 Å². The third kappa shape index (κ3) is 6.91. The van der Waals surface area contributed by atoms with E-state index in [2.05, 4.69) is 25.8 Å². The van der Waals surface area contributed by atoms with E-state index in [0.717, 1.165) is 5.69 Å². The Hall–Kier alpha value is -3.16. The van der Waals surface area contributed by atoms with Crippen LogP contribution >= 0.6 is 34.4 Å². The van der Waals surface area contributed by atoms with E-state index in [1.165, 1.54) is 61.8 Å². The molecule has 0 saturated carbocycles. The molecule has 2 amide bonds. The van der Waals surface area contributed by atoms with Crippen molar-refractivity contribution in [1.29, 1.82) is 0 Å². The van der Waals surface area contributed by atoms with E-state index in [0.29, 0.717) is 37.4 Å². The Morgan fingerprint density at radius 3 is 2.39 bits per heavy atom. The van der Waals surface area contributed by atoms with Gasteiger partial charge in [-0.05, 0) is 30.7 Å². The number of hydrogen-bond donors (Lipinski definition) is 2. The summed E-state index contributed by atoms with van der Waals surface area (Å²) in [6, 6.07) is 3.45. The van der Waals surface area contributed by atoms with Gasteiger partial charge in [-0.1, -0.05) is 23.1 Å². The van der Waals surface area contributed by atoms with Gasteiger partial charge in [-0.2, -0.15) is 0 Å². The molecule has 13 heteroatoms. The zero-order valence-corrected chi connectivity index (χ0v) is 20.7. The molecule has 174 valence electrons. The molecule has 10 nitrogen and oxygen atoms in total. The van der Waals surface area contributed by atoms with E-state index < -0.39 is 0 Å². The van der Waals surface area contributed by atoms with E-state index in [9.17, 15) is 9.59 Å². The van der Waals surface area contributed by atoms with Gasteiger partial charge < -0.3 is 19.5 Å². The average molecular weight is 508 g/mol. The van der Waals surface area contributed by atoms with Gasteiger partial charge in [-0.25, -0.2) is 4.98 Å². The number of hydrogen-bond acceptors (Lipinski definition) is 11. The molecule has 0 atom stereocenters. The molecule has 3 aromatic rings. The first-order valence-corrected chi connectivity index (χ1v) is 12.1. The summed E-state index contributed by atoms with van der Waals surface area (Å²) in [5, 5.41) is 16.0. The minimum atomic E-state index is -0.381. The number of nitrogens with one attached hydrogen (secondary N) is 2. The molecule has 0 aliphatic heterocycles. The molecular weight excluding hydrogens is 486 g/mol. The maximum atomic E-state index is 12.3. The molecule has 0 bridgehead atoms. The van der Waals surface area contributed by atoms with Crippen LogP contribution in [0, 0.1) is 6.92 Å². The van der Waals surface area contributed by atoms with E-state index >= 15 is 0 Å². The number of amides is 2. The van der Waals surface area contributed by atoms with Crippen LogP contribution in [0.1, 0.15) is 11.3 Å². The second kappa shape index (κ2) is 11.6. The van der Waals surface area contributed by atoms with Gasteiger partial charge in [-0.15, -0.1) is 21.5 Å². The standard InChI is InChI=1S/C20H21N5O5S3/c1-11-9-31-18(21-11)23-16(27)10-32-20-25-24-19(33-20)22-15(26)6-5-12-7-13(28-2)17(30-4)14(8-12)29-3/h5-9H,10H2,1-4H3,(H,21,23,27)(H,22,24,26)/b6-5+. The molecule has 0 aliphatic carbocycles. The number of rotatable bonds is 10. The molecule has 2 heterocycles. The highest BCUT2D eigenvalue weighted by atomic mass is 32.2. The highest BCUT2D eigenvalue weighted by Crippen LogP contribution is 2.38. The lowest BCUT2D eigenvalue weighted by atomic mass is 10.1. The Morgan fingerprint density at radius 2 is 1.79 bits per heavy atom. The fourth-order valence-corrected chi connectivity index (χ4v) is 4.79. The number of thioether (sulfide) groups is 1. The Labute approximate surface area is 202 Å². The third-order valence-electron chi connectivity index (χ3n) is 3.94. The summed E-state index contributed by atoms with van der Waals surface area (Å²) in [5.41, 5.74) is 1.54. The topological polar surface area (TPSA) is 125 Å². The number of aromatic nitrogens is 3. The van der Waals surface area contributed by atoms with Crippen LogP contribution in [-0.2, 0) is 9.59 Å². The average Bonchev–Trinajstić information content (AvgIpc) is 3.43. The molecule has 0 aliphatic rings. The Bertz CT molecular complexity index is 1140. The normalized spacial score (nSPS) is 10.8. The summed E-state index contributed by atoms with van der Waals surface area (Å²) in [6.45, 7) is 1.86. The van der Waals surface area contributed by atoms with Gasteiger partial charge in [0.2, 0.25) is 22.7 Å². The maximum Gasteiger partial charge on any atom is 0.250 e. The van der Waals surface area contributed by atoms with Crippen molar-refractivity contribution >= 4 is 62.6 Å². The van der Waals surface area contributed by atoms with E-state index in [1.807, 2.05) is 12.3 Å². The zero-order valence-electron chi connectivity index (χ0n) is 18.2. The number of thiazole rings is 1. The van der Waals surface area contributed by atoms with Crippen molar-refractivity contribution in [3.05, 3.63) is 34.8 Å². The fourth-order valence-electron chi connectivity index (χ4n) is 2.53. The SMILES string of the molecule is COc1cc(/C=C/C(=O)Nc2nnc(SCC(=O)Nc3nc(C)cs3)s2)cc(OC)c1OC. The van der Waals surface area contributed by atoms with Crippen molar-refractivity contribution in [3.63, 3.8) is 0 Å². The predicted octanol–water partition coefficient (Wildman–Crippen LogP) is 3.71. The number of methoxy groups -OCH3 is 3. The van der Waals surface area contributed by atoms with Crippen LogP contribution in [0.4, 0.5) is 10.3 Å². The smallest absolute Gasteiger partial charge is 0.250 e. The van der Waals surface area contributed by atoms with Crippen LogP contribution in [0.3, 0.4) is 0 Å². The molecule has 0 radical (unpaired) electrons. The largest absolute Gasteiger partial charge is 0.493 e. The minimum absolute atomic E-state index is 0.155. The summed E-state index contributed by atoms with van der Waals surface area (Å²) in [6.07, 6.45) is 2.97. The van der Waals surface area contributed by atoms with Gasteiger partial charge in [0.15, 0.2) is 21.0 Å². The number of ether oxygens (including phenoxy) is 3. The van der Waals surface area contributed by atoms with Crippen LogP contribution in [0.2, 0.25) is 0 Å². The monoisotopic (exact) mass is 507 g/mol. The fraction of sp³-hybridized carbons (Fsp3) is 0.250. The van der Waals surface area contributed by atoms with Crippen LogP contribution < -0.4 is 24.8 Å². The number of carbonyl (C=O) groups is 2. The van der Waals surface area contributed by atoms with E-state index in [4.69, 9.17) is 14.2 Å². The first-order valence-electron chi connectivity index (χ1n) is 9.39. The Kier molecular flexibility index (Phi) is 8.63. The van der Waals surface area contributed by atoms with Crippen LogP contribution in [0.25, 0.3) is 6.08 Å². The minimum Gasteiger partial charge on any atom is -0.493 e. The van der Waals surface area contributed by atoms with Crippen molar-refractivity contribution in [3.8, 4) is 17.2 Å². The molecule has 2 N–H and O–H groups in total. The number of benzene rings is 1. The van der Waals surface area contributed by atoms with Crippen LogP contribution in [0.5, 0.6) is 17.2 Å². The molecule has 2 aromatic heterocycles. The lowest BCUT2D eigenvalue weighted by Crippen LogP contribution is -2.13. The summed E-state index contributed by atoms with van der Waals surface area (Å²) < 4.78 is 16.5. The van der Waals surface area contributed by atoms with Crippen molar-refractivity contribution in [2.75, 3.05) is 37.7 Å². The Morgan fingerprint density at radius 1 is 1.06 bits per heavy atom. The van der Waals surface area contributed by atoms with Crippen molar-refractivity contribution in [2.45, 2.75) is 11.3 Å². The quantitative estimate of drug-likeness (QED) is 0.240. The molecule has 0 fully saturated rings. The van der Waals surface area contributed by atoms with Gasteiger partial charge in [0, 0.05) is 11.5 Å². The first kappa shape index (κ1) is 24.5. The molecule has 0 spiro atoms. The second-order valence-corrected chi connectivity index (χ2v) is 9.34. The molecule has 33 heavy (non-hydrogen) atoms. The van der Waals surface area contributed by atoms with Gasteiger partial charge in [0.1, 0.15) is 0 Å². The number of aryl methyl sites for hydroxylation is 1. The van der Waals surface area contributed by atoms with Crippen LogP contribution in [0.15, 0.2) is 27.9 Å². The highest BCUT2D eigenvalue weighted by molar-refractivity contribution is 8.01.